The lowest BCUT2D eigenvalue weighted by atomic mass is 9.42. The number of hydrogen-bond acceptors (Lipinski definition) is 10. The Morgan fingerprint density at radius 3 is 1.91 bits per heavy atom. The van der Waals surface area contributed by atoms with Gasteiger partial charge in [0.25, 0.3) is 0 Å². The van der Waals surface area contributed by atoms with Crippen molar-refractivity contribution in [3.8, 4) is 5.75 Å². The van der Waals surface area contributed by atoms with Gasteiger partial charge in [0, 0.05) is 30.9 Å². The molecule has 2 fully saturated rings. The van der Waals surface area contributed by atoms with E-state index in [2.05, 4.69) is 5.32 Å². The minimum absolute atomic E-state index is 0.139. The standard InChI is InChI=1S/C34H35F6N5O8/c1-30-11-16-18(44(3)4)10-17(43-29(52)42-15-8-13(33(35,36)37)7-14(9-15)34(38,39)40)22(46)19(16)23(47)21(30)27(50)32(53)26(49)20(28(41)51)24(48)25(45(5)6)31(32,2)12-30/h7-10,20-21,25,46,53H,11-12H2,1-6H3,(H2,41,51)(H2,42,43,52)/t20?,21?,25-,30+,31+,32-/m1/s1. The molecule has 53 heavy (non-hydrogen) atoms. The van der Waals surface area contributed by atoms with Crippen LogP contribution in [0.25, 0.3) is 0 Å². The topological polar surface area (TPSA) is 199 Å². The predicted octanol–water partition coefficient (Wildman–Crippen LogP) is 3.39. The maximum Gasteiger partial charge on any atom is 0.416 e. The molecule has 0 spiro atoms. The van der Waals surface area contributed by atoms with Crippen molar-refractivity contribution in [1.29, 1.82) is 0 Å². The first-order valence-electron chi connectivity index (χ1n) is 15.9. The van der Waals surface area contributed by atoms with Crippen LogP contribution >= 0.6 is 0 Å². The average Bonchev–Trinajstić information content (AvgIpc) is 2.98. The number of ketones is 4. The molecule has 5 rings (SSSR count). The molecule has 2 aromatic carbocycles. The molecular formula is C34H35F6N5O8. The van der Waals surface area contributed by atoms with Crippen LogP contribution in [0.4, 0.5) is 48.2 Å². The average molecular weight is 756 g/mol. The lowest BCUT2D eigenvalue weighted by Gasteiger charge is -2.61. The number of aromatic hydroxyl groups is 1. The van der Waals surface area contributed by atoms with Gasteiger partial charge in [0.1, 0.15) is 5.75 Å². The Kier molecular flexibility index (Phi) is 9.06. The number of carbonyl (C=O) groups is 6. The van der Waals surface area contributed by atoms with Crippen molar-refractivity contribution >= 4 is 52.1 Å². The number of anilines is 3. The van der Waals surface area contributed by atoms with E-state index in [-0.39, 0.29) is 42.3 Å². The van der Waals surface area contributed by atoms with Crippen LogP contribution in [0.3, 0.4) is 0 Å². The highest BCUT2D eigenvalue weighted by Gasteiger charge is 2.76. The van der Waals surface area contributed by atoms with E-state index in [0.29, 0.717) is 0 Å². The lowest BCUT2D eigenvalue weighted by molar-refractivity contribution is -0.203. The second-order valence-corrected chi connectivity index (χ2v) is 14.7. The molecule has 0 saturated heterocycles. The number of phenolic OH excluding ortho intramolecular Hbond substituents is 1. The predicted molar refractivity (Wildman–Crippen MR) is 174 cm³/mol. The Balaban J connectivity index is 1.60. The van der Waals surface area contributed by atoms with Gasteiger partial charge in [0.05, 0.1) is 34.3 Å². The number of nitrogens with one attached hydrogen (secondary N) is 2. The Morgan fingerprint density at radius 1 is 0.887 bits per heavy atom. The van der Waals surface area contributed by atoms with Crippen LogP contribution in [0.2, 0.25) is 0 Å². The van der Waals surface area contributed by atoms with Gasteiger partial charge in [-0.15, -0.1) is 0 Å². The molecule has 2 aromatic rings. The zero-order valence-corrected chi connectivity index (χ0v) is 29.0. The second-order valence-electron chi connectivity index (χ2n) is 14.7. The molecular weight excluding hydrogens is 720 g/mol. The molecule has 0 bridgehead atoms. The number of rotatable bonds is 5. The molecule has 6 N–H and O–H groups in total. The fraction of sp³-hybridized carbons (Fsp3) is 0.471. The summed E-state index contributed by atoms with van der Waals surface area (Å²) in [6, 6.07) is -1.25. The van der Waals surface area contributed by atoms with E-state index in [1.54, 1.807) is 0 Å². The quantitative estimate of drug-likeness (QED) is 0.171. The van der Waals surface area contributed by atoms with E-state index in [1.165, 1.54) is 57.9 Å². The van der Waals surface area contributed by atoms with Crippen molar-refractivity contribution < 1.29 is 65.3 Å². The van der Waals surface area contributed by atoms with Crippen molar-refractivity contribution in [2.45, 2.75) is 50.7 Å². The first-order valence-corrected chi connectivity index (χ1v) is 15.9. The van der Waals surface area contributed by atoms with Crippen LogP contribution in [-0.4, -0.2) is 90.0 Å². The van der Waals surface area contributed by atoms with Gasteiger partial charge in [-0.25, -0.2) is 4.79 Å². The van der Waals surface area contributed by atoms with Crippen LogP contribution < -0.4 is 21.3 Å². The summed E-state index contributed by atoms with van der Waals surface area (Å²) in [5.41, 5.74) is -6.06. The van der Waals surface area contributed by atoms with Crippen molar-refractivity contribution in [3.63, 3.8) is 0 Å². The summed E-state index contributed by atoms with van der Waals surface area (Å²) in [6.07, 6.45) is -10.9. The van der Waals surface area contributed by atoms with E-state index >= 15 is 0 Å². The summed E-state index contributed by atoms with van der Waals surface area (Å²) in [6.45, 7) is 2.87. The number of halogens is 6. The molecule has 13 nitrogen and oxygen atoms in total. The maximum absolute atomic E-state index is 14.5. The third-order valence-corrected chi connectivity index (χ3v) is 10.5. The van der Waals surface area contributed by atoms with Gasteiger partial charge in [0.15, 0.2) is 34.7 Å². The van der Waals surface area contributed by atoms with Crippen molar-refractivity contribution in [3.05, 3.63) is 46.5 Å². The Morgan fingerprint density at radius 2 is 1.43 bits per heavy atom. The largest absolute Gasteiger partial charge is 0.505 e. The third kappa shape index (κ3) is 5.89. The fourth-order valence-electron chi connectivity index (χ4n) is 8.57. The number of benzene rings is 2. The summed E-state index contributed by atoms with van der Waals surface area (Å²) in [5.74, 6) is -11.3. The van der Waals surface area contributed by atoms with Crippen LogP contribution in [0.1, 0.15) is 47.3 Å². The molecule has 3 amide bonds. The zero-order valence-electron chi connectivity index (χ0n) is 29.0. The lowest BCUT2D eigenvalue weighted by Crippen LogP contribution is -2.79. The highest BCUT2D eigenvalue weighted by atomic mass is 19.4. The first kappa shape index (κ1) is 39.2. The molecule has 2 saturated carbocycles. The number of primary amides is 1. The van der Waals surface area contributed by atoms with Crippen LogP contribution in [-0.2, 0) is 38.0 Å². The number of aliphatic hydroxyl groups is 1. The number of alkyl halides is 6. The normalized spacial score (nSPS) is 28.6. The molecule has 3 aliphatic rings. The number of hydrogen-bond donors (Lipinski definition) is 5. The first-order chi connectivity index (χ1) is 24.1. The number of amides is 3. The highest BCUT2D eigenvalue weighted by Crippen LogP contribution is 2.62. The Bertz CT molecular complexity index is 1970. The Hall–Kier alpha value is -5.04. The molecule has 2 unspecified atom stereocenters. The number of Topliss-reactive ketones (excluding diaryl/α,β-unsaturated/α-hetero) is 4. The zero-order chi connectivity index (χ0) is 40.1. The number of urea groups is 1. The SMILES string of the molecule is CN(C)c1cc(NC(=O)Nc2cc(C(F)(F)F)cc(C(F)(F)F)c2)c(O)c2c1C[C@@]1(C)C[C@@]3(C)[C@H](N(C)C)C(=O)C(C(N)=O)C(=O)[C@@]3(O)C(=O)C1C2=O. The fourth-order valence-corrected chi connectivity index (χ4v) is 8.57. The molecule has 0 heterocycles. The van der Waals surface area contributed by atoms with E-state index in [1.807, 2.05) is 5.32 Å². The van der Waals surface area contributed by atoms with Gasteiger partial charge < -0.3 is 31.5 Å². The van der Waals surface area contributed by atoms with Crippen molar-refractivity contribution in [1.82, 2.24) is 4.90 Å². The summed E-state index contributed by atoms with van der Waals surface area (Å²) in [7, 11) is 5.93. The molecule has 0 radical (unpaired) electrons. The van der Waals surface area contributed by atoms with Gasteiger partial charge in [0.2, 0.25) is 5.91 Å². The molecule has 6 atom stereocenters. The molecule has 19 heteroatoms. The van der Waals surface area contributed by atoms with Crippen LogP contribution in [0.5, 0.6) is 5.75 Å². The number of nitrogens with zero attached hydrogens (tertiary/aromatic N) is 2. The number of fused-ring (bicyclic) bond motifs is 3. The van der Waals surface area contributed by atoms with Gasteiger partial charge in [-0.1, -0.05) is 13.8 Å². The van der Waals surface area contributed by atoms with Gasteiger partial charge in [-0.3, -0.25) is 28.9 Å². The number of likely N-dealkylation sites (N-methyl/N-ethyl adjacent to an activating group) is 1. The molecule has 3 aliphatic carbocycles. The third-order valence-electron chi connectivity index (χ3n) is 10.5. The van der Waals surface area contributed by atoms with Gasteiger partial charge in [-0.05, 0) is 62.2 Å². The summed E-state index contributed by atoms with van der Waals surface area (Å²) >= 11 is 0. The molecule has 0 aliphatic heterocycles. The Labute approximate surface area is 297 Å². The second kappa shape index (κ2) is 12.3. The van der Waals surface area contributed by atoms with E-state index in [9.17, 15) is 65.3 Å². The summed E-state index contributed by atoms with van der Waals surface area (Å²) in [5, 5.41) is 27.5. The van der Waals surface area contributed by atoms with Gasteiger partial charge in [-0.2, -0.15) is 26.3 Å². The van der Waals surface area contributed by atoms with Crippen LogP contribution in [0, 0.1) is 22.7 Å². The van der Waals surface area contributed by atoms with Gasteiger partial charge >= 0.3 is 18.4 Å². The van der Waals surface area contributed by atoms with E-state index < -0.39 is 116 Å². The monoisotopic (exact) mass is 755 g/mol. The maximum atomic E-state index is 14.5. The highest BCUT2D eigenvalue weighted by molar-refractivity contribution is 6.33. The molecule has 286 valence electrons. The number of phenols is 1. The minimum Gasteiger partial charge on any atom is -0.505 e. The van der Waals surface area contributed by atoms with Crippen molar-refractivity contribution in [2.75, 3.05) is 43.7 Å². The van der Waals surface area contributed by atoms with E-state index in [4.69, 9.17) is 5.73 Å². The van der Waals surface area contributed by atoms with Crippen LogP contribution in [0.15, 0.2) is 24.3 Å². The smallest absolute Gasteiger partial charge is 0.416 e. The number of nitrogens with two attached hydrogens (primary N) is 1. The molecule has 0 aromatic heterocycles. The minimum atomic E-state index is -5.21. The van der Waals surface area contributed by atoms with Crippen molar-refractivity contribution in [2.24, 2.45) is 28.4 Å². The van der Waals surface area contributed by atoms with E-state index in [0.717, 1.165) is 0 Å². The number of carbonyl (C=O) groups excluding carboxylic acids is 6. The summed E-state index contributed by atoms with van der Waals surface area (Å²) < 4.78 is 80.3. The summed E-state index contributed by atoms with van der Waals surface area (Å²) in [4.78, 5) is 84.4.